The van der Waals surface area contributed by atoms with Crippen molar-refractivity contribution in [3.8, 4) is 0 Å². The molecule has 0 heteroatoms. The lowest BCUT2D eigenvalue weighted by Crippen LogP contribution is -1.47. The van der Waals surface area contributed by atoms with Gasteiger partial charge >= 0.3 is 0 Å². The van der Waals surface area contributed by atoms with Crippen LogP contribution in [0.25, 0.3) is 0 Å². The molecule has 6 heavy (non-hydrogen) atoms. The Hall–Kier alpha value is -0.780. The molecule has 1 aromatic carbocycles. The van der Waals surface area contributed by atoms with Crippen molar-refractivity contribution < 1.29 is 5.48 Å². The zero-order chi connectivity index (χ0) is 7.72. The van der Waals surface area contributed by atoms with E-state index >= 15 is 0 Å². The third-order valence-corrected chi connectivity index (χ3v) is 0.455. The molecule has 0 fully saturated rings. The van der Waals surface area contributed by atoms with Gasteiger partial charge in [-0.05, 0) is 0 Å². The molecular formula is C6H6. The van der Waals surface area contributed by atoms with Crippen LogP contribution in [0.15, 0.2) is 36.3 Å². The molecule has 0 N–H and O–H groups in total. The van der Waals surface area contributed by atoms with Crippen LogP contribution in [-0.2, 0) is 0 Å². The normalized spacial score (nSPS) is 17.3. The molecule has 0 unspecified atom stereocenters. The van der Waals surface area contributed by atoms with Crippen LogP contribution in [0.5, 0.6) is 0 Å². The summed E-state index contributed by atoms with van der Waals surface area (Å²) >= 11 is 0. The lowest BCUT2D eigenvalue weighted by atomic mass is 10.4. The fraction of sp³-hybridized carbons (Fsp3) is 0. The predicted octanol–water partition coefficient (Wildman–Crippen LogP) is 1.69. The highest BCUT2D eigenvalue weighted by atomic mass is 13.6. The van der Waals surface area contributed by atoms with Gasteiger partial charge in [0.05, 0.1) is 5.48 Å². The van der Waals surface area contributed by atoms with E-state index in [0.29, 0.717) is 0 Å². The Labute approximate surface area is 43.1 Å². The maximum Gasteiger partial charge on any atom is 0.0623 e. The topological polar surface area (TPSA) is 0 Å². The molecule has 0 aliphatic rings. The van der Waals surface area contributed by atoms with Gasteiger partial charge in [0.25, 0.3) is 0 Å². The summed E-state index contributed by atoms with van der Waals surface area (Å²) in [7, 11) is 0. The van der Waals surface area contributed by atoms with Gasteiger partial charge in [-0.3, -0.25) is 0 Å². The van der Waals surface area contributed by atoms with Gasteiger partial charge in [-0.2, -0.15) is 0 Å². The number of hydrogen-bond donors (Lipinski definition) is 0. The Balaban J connectivity index is 3.31. The van der Waals surface area contributed by atoms with Gasteiger partial charge in [-0.1, -0.05) is 36.3 Å². The fourth-order valence-electron chi connectivity index (χ4n) is 0.239. The van der Waals surface area contributed by atoms with Crippen molar-refractivity contribution in [2.45, 2.75) is 0 Å². The largest absolute Gasteiger partial charge is 0.0623 e. The maximum absolute atomic E-state index is 7.08. The monoisotopic (exact) mass is 82.1 g/mol. The van der Waals surface area contributed by atoms with E-state index in [1.165, 1.54) is 12.1 Å². The molecule has 1 aromatic rings. The van der Waals surface area contributed by atoms with Gasteiger partial charge in [0.15, 0.2) is 0 Å². The molecule has 0 nitrogen and oxygen atoms in total. The van der Waals surface area contributed by atoms with Crippen molar-refractivity contribution >= 4 is 0 Å². The molecule has 0 aromatic heterocycles. The predicted molar refractivity (Wildman–Crippen MR) is 26.4 cm³/mol. The number of benzene rings is 1. The molecule has 0 saturated carbocycles. The van der Waals surface area contributed by atoms with E-state index in [9.17, 15) is 0 Å². The molecule has 0 amide bonds. The van der Waals surface area contributed by atoms with E-state index < -0.39 is 0 Å². The van der Waals surface area contributed by atoms with Gasteiger partial charge < -0.3 is 0 Å². The van der Waals surface area contributed by atoms with E-state index in [4.69, 9.17) is 5.48 Å². The summed E-state index contributed by atoms with van der Waals surface area (Å²) in [5, 5.41) is 0. The van der Waals surface area contributed by atoms with Crippen molar-refractivity contribution in [1.29, 1.82) is 0 Å². The van der Waals surface area contributed by atoms with Crippen LogP contribution in [0.3, 0.4) is 0 Å². The molecule has 0 atom stereocenters. The first kappa shape index (κ1) is 1.09. The molecule has 0 bridgehead atoms. The Kier molecular flexibility index (Phi) is 0.293. The molecule has 1 rings (SSSR count). The van der Waals surface area contributed by atoms with Crippen LogP contribution in [-0.4, -0.2) is 0 Å². The van der Waals surface area contributed by atoms with Crippen LogP contribution < -0.4 is 0 Å². The molecule has 0 radical (unpaired) electrons. The zero-order valence-corrected chi connectivity index (χ0v) is 3.15. The van der Waals surface area contributed by atoms with Crippen molar-refractivity contribution in [1.82, 2.24) is 0 Å². The standard InChI is InChI=1S/C6H6/c1-2-4-6-5-3-1/h1-6H/i1D,2D,3D,6D. The first-order chi connectivity index (χ1) is 4.61. The van der Waals surface area contributed by atoms with Gasteiger partial charge in [0.1, 0.15) is 0 Å². The van der Waals surface area contributed by atoms with E-state index in [-0.39, 0.29) is 24.2 Å². The maximum atomic E-state index is 7.08. The molecule has 0 aliphatic carbocycles. The number of hydrogen-bond acceptors (Lipinski definition) is 0. The third kappa shape index (κ3) is 0.582. The summed E-state index contributed by atoms with van der Waals surface area (Å²) in [4.78, 5) is 0. The molecular weight excluding hydrogens is 72.1 g/mol. The second-order valence-electron chi connectivity index (χ2n) is 0.869. The highest BCUT2D eigenvalue weighted by Crippen LogP contribution is 1.79. The Morgan fingerprint density at radius 1 is 0.833 bits per heavy atom. The minimum absolute atomic E-state index is 0.0579. The minimum Gasteiger partial charge on any atom is -0.0623 e. The average Bonchev–Trinajstić information content (AvgIpc) is 1.82. The van der Waals surface area contributed by atoms with Gasteiger partial charge in [-0.25, -0.2) is 0 Å². The summed E-state index contributed by atoms with van der Waals surface area (Å²) in [5.74, 6) is 0. The third-order valence-electron chi connectivity index (χ3n) is 0.455. The molecule has 0 saturated heterocycles. The van der Waals surface area contributed by atoms with Crippen molar-refractivity contribution in [3.63, 3.8) is 0 Å². The summed E-state index contributed by atoms with van der Waals surface area (Å²) in [6.07, 6.45) is 0. The molecule has 0 aliphatic heterocycles. The lowest BCUT2D eigenvalue weighted by Gasteiger charge is -1.69. The second-order valence-corrected chi connectivity index (χ2v) is 0.869. The summed E-state index contributed by atoms with van der Waals surface area (Å²) < 4.78 is 28.3. The Morgan fingerprint density at radius 2 is 1.50 bits per heavy atom. The zero-order valence-electron chi connectivity index (χ0n) is 7.15. The number of rotatable bonds is 0. The SMILES string of the molecule is [2H]c1cc([2H])c([2H])c([2H])c1. The smallest absolute Gasteiger partial charge is 0.0623 e. The highest BCUT2D eigenvalue weighted by Gasteiger charge is 1.57. The van der Waals surface area contributed by atoms with Crippen molar-refractivity contribution in [2.75, 3.05) is 0 Å². The van der Waals surface area contributed by atoms with Crippen LogP contribution in [0.1, 0.15) is 5.48 Å². The highest BCUT2D eigenvalue weighted by molar-refractivity contribution is 4.99. The van der Waals surface area contributed by atoms with Crippen LogP contribution in [0.2, 0.25) is 0 Å². The van der Waals surface area contributed by atoms with Gasteiger partial charge in [0.2, 0.25) is 0 Å². The fourth-order valence-corrected chi connectivity index (χ4v) is 0.239. The van der Waals surface area contributed by atoms with E-state index in [1.54, 1.807) is 0 Å². The molecule has 30 valence electrons. The molecule has 0 spiro atoms. The summed E-state index contributed by atoms with van der Waals surface area (Å²) in [6.45, 7) is 0. The average molecular weight is 82.1 g/mol. The van der Waals surface area contributed by atoms with Crippen LogP contribution >= 0.6 is 0 Å². The minimum atomic E-state index is -0.115. The van der Waals surface area contributed by atoms with Crippen LogP contribution in [0.4, 0.5) is 0 Å². The van der Waals surface area contributed by atoms with Crippen molar-refractivity contribution in [3.05, 3.63) is 36.3 Å². The van der Waals surface area contributed by atoms with E-state index in [2.05, 4.69) is 0 Å². The Bertz CT molecular complexity index is 233. The van der Waals surface area contributed by atoms with Gasteiger partial charge in [0, 0.05) is 0 Å². The van der Waals surface area contributed by atoms with Crippen LogP contribution in [0, 0.1) is 0 Å². The summed E-state index contributed by atoms with van der Waals surface area (Å²) in [5.41, 5.74) is 0. The first-order valence-electron chi connectivity index (χ1n) is 3.65. The Morgan fingerprint density at radius 3 is 2.17 bits per heavy atom. The second kappa shape index (κ2) is 1.61. The lowest BCUT2D eigenvalue weighted by molar-refractivity contribution is 1.72. The van der Waals surface area contributed by atoms with Gasteiger partial charge in [-0.15, -0.1) is 0 Å². The van der Waals surface area contributed by atoms with E-state index in [1.807, 2.05) is 0 Å². The molecule has 0 heterocycles. The van der Waals surface area contributed by atoms with Crippen molar-refractivity contribution in [2.24, 2.45) is 0 Å². The van der Waals surface area contributed by atoms with E-state index in [0.717, 1.165) is 0 Å². The first-order valence-corrected chi connectivity index (χ1v) is 1.65. The summed E-state index contributed by atoms with van der Waals surface area (Å²) in [6, 6.07) is 2.39. The quantitative estimate of drug-likeness (QED) is 0.446.